The van der Waals surface area contributed by atoms with Crippen LogP contribution in [-0.4, -0.2) is 0 Å². The van der Waals surface area contributed by atoms with Gasteiger partial charge in [0.05, 0.1) is 0 Å². The number of halogens is 1. The van der Waals surface area contributed by atoms with E-state index in [1.807, 2.05) is 30.4 Å². The number of hydrogen-bond acceptors (Lipinski definition) is 1. The highest BCUT2D eigenvalue weighted by molar-refractivity contribution is 6.31. The molecule has 0 radical (unpaired) electrons. The van der Waals surface area contributed by atoms with Crippen LogP contribution in [0, 0.1) is 0 Å². The fourth-order valence-electron chi connectivity index (χ4n) is 3.17. The van der Waals surface area contributed by atoms with E-state index in [1.165, 1.54) is 11.1 Å². The van der Waals surface area contributed by atoms with Crippen molar-refractivity contribution in [2.75, 3.05) is 0 Å². The maximum Gasteiger partial charge on any atom is 0.119 e. The summed E-state index contributed by atoms with van der Waals surface area (Å²) in [5.74, 6) is 0.859. The first-order chi connectivity index (χ1) is 14.2. The van der Waals surface area contributed by atoms with Gasteiger partial charge >= 0.3 is 0 Å². The second-order valence-electron chi connectivity index (χ2n) is 7.09. The maximum absolute atomic E-state index is 6.44. The van der Waals surface area contributed by atoms with Gasteiger partial charge in [0, 0.05) is 5.02 Å². The molecule has 29 heavy (non-hydrogen) atoms. The van der Waals surface area contributed by atoms with Crippen LogP contribution in [-0.2, 0) is 19.4 Å². The van der Waals surface area contributed by atoms with Crippen LogP contribution in [0.4, 0.5) is 0 Å². The minimum Gasteiger partial charge on any atom is -0.489 e. The Labute approximate surface area is 179 Å². The number of rotatable bonds is 10. The second kappa shape index (κ2) is 10.7. The van der Waals surface area contributed by atoms with Crippen molar-refractivity contribution >= 4 is 11.6 Å². The van der Waals surface area contributed by atoms with E-state index in [4.69, 9.17) is 16.3 Å². The van der Waals surface area contributed by atoms with Gasteiger partial charge in [0.1, 0.15) is 12.4 Å². The highest BCUT2D eigenvalue weighted by Crippen LogP contribution is 2.28. The van der Waals surface area contributed by atoms with Crippen LogP contribution < -0.4 is 4.74 Å². The Morgan fingerprint density at radius 1 is 0.724 bits per heavy atom. The highest BCUT2D eigenvalue weighted by Gasteiger charge is 2.04. The van der Waals surface area contributed by atoms with Crippen LogP contribution in [0.1, 0.15) is 29.5 Å². The van der Waals surface area contributed by atoms with Crippen molar-refractivity contribution in [3.8, 4) is 16.9 Å². The van der Waals surface area contributed by atoms with Crippen molar-refractivity contribution in [3.05, 3.63) is 114 Å². The van der Waals surface area contributed by atoms with Gasteiger partial charge in [-0.15, -0.1) is 13.2 Å². The summed E-state index contributed by atoms with van der Waals surface area (Å²) in [5, 5.41) is 0.807. The van der Waals surface area contributed by atoms with Gasteiger partial charge in [0.15, 0.2) is 0 Å². The predicted octanol–water partition coefficient (Wildman–Crippen LogP) is 7.82. The number of ether oxygens (including phenoxy) is 1. The van der Waals surface area contributed by atoms with E-state index in [1.54, 1.807) is 0 Å². The van der Waals surface area contributed by atoms with E-state index in [9.17, 15) is 0 Å². The number of aryl methyl sites for hydroxylation is 2. The van der Waals surface area contributed by atoms with Gasteiger partial charge in [-0.2, -0.15) is 0 Å². The largest absolute Gasteiger partial charge is 0.489 e. The molecule has 0 aliphatic heterocycles. The second-order valence-corrected chi connectivity index (χ2v) is 7.50. The van der Waals surface area contributed by atoms with Gasteiger partial charge in [0.25, 0.3) is 0 Å². The molecule has 0 heterocycles. The Bertz CT molecular complexity index is 939. The third kappa shape index (κ3) is 6.10. The first kappa shape index (κ1) is 21.0. The molecule has 0 amide bonds. The van der Waals surface area contributed by atoms with Crippen molar-refractivity contribution < 1.29 is 4.74 Å². The fourth-order valence-corrected chi connectivity index (χ4v) is 3.44. The van der Waals surface area contributed by atoms with Crippen LogP contribution in [0.2, 0.25) is 5.02 Å². The number of benzene rings is 3. The molecular weight excluding hydrogens is 376 g/mol. The lowest BCUT2D eigenvalue weighted by Crippen LogP contribution is -1.96. The monoisotopic (exact) mass is 402 g/mol. The van der Waals surface area contributed by atoms with E-state index >= 15 is 0 Å². The van der Waals surface area contributed by atoms with E-state index in [0.717, 1.165) is 53.1 Å². The SMILES string of the molecule is C=CCCc1ccc(COc2ccc(-c3ccc(CCC=C)c(Cl)c3)cc2)cc1. The smallest absolute Gasteiger partial charge is 0.119 e. The summed E-state index contributed by atoms with van der Waals surface area (Å²) in [6.07, 6.45) is 7.76. The summed E-state index contributed by atoms with van der Waals surface area (Å²) in [7, 11) is 0. The summed E-state index contributed by atoms with van der Waals surface area (Å²) in [4.78, 5) is 0. The lowest BCUT2D eigenvalue weighted by Gasteiger charge is -2.10. The van der Waals surface area contributed by atoms with Gasteiger partial charge in [-0.1, -0.05) is 72.3 Å². The average Bonchev–Trinajstić information content (AvgIpc) is 2.76. The van der Waals surface area contributed by atoms with Crippen molar-refractivity contribution in [3.63, 3.8) is 0 Å². The molecule has 0 atom stereocenters. The molecule has 1 nitrogen and oxygen atoms in total. The molecule has 0 aromatic heterocycles. The standard InChI is InChI=1S/C27H27ClO/c1-3-5-7-21-9-11-22(12-10-21)20-29-26-17-15-23(16-18-26)25-14-13-24(8-6-4-2)27(28)19-25/h3-4,9-19H,1-2,5-8,20H2. The summed E-state index contributed by atoms with van der Waals surface area (Å²) >= 11 is 6.44. The van der Waals surface area contributed by atoms with Crippen molar-refractivity contribution in [2.24, 2.45) is 0 Å². The Hall–Kier alpha value is -2.77. The molecule has 0 unspecified atom stereocenters. The van der Waals surface area contributed by atoms with Crippen LogP contribution >= 0.6 is 11.6 Å². The average molecular weight is 403 g/mol. The van der Waals surface area contributed by atoms with E-state index in [2.05, 4.69) is 61.7 Å². The predicted molar refractivity (Wildman–Crippen MR) is 125 cm³/mol. The quantitative estimate of drug-likeness (QED) is 0.314. The van der Waals surface area contributed by atoms with Gasteiger partial charge in [0.2, 0.25) is 0 Å². The molecule has 0 saturated carbocycles. The zero-order chi connectivity index (χ0) is 20.5. The lowest BCUT2D eigenvalue weighted by molar-refractivity contribution is 0.306. The Morgan fingerprint density at radius 3 is 2.00 bits per heavy atom. The summed E-state index contributed by atoms with van der Waals surface area (Å²) in [6.45, 7) is 8.10. The first-order valence-corrected chi connectivity index (χ1v) is 10.4. The summed E-state index contributed by atoms with van der Waals surface area (Å²) in [5.41, 5.74) is 5.89. The molecule has 0 aliphatic carbocycles. The molecule has 3 rings (SSSR count). The topological polar surface area (TPSA) is 9.23 Å². The van der Waals surface area contributed by atoms with E-state index in [0.29, 0.717) is 6.61 Å². The zero-order valence-electron chi connectivity index (χ0n) is 16.7. The van der Waals surface area contributed by atoms with Gasteiger partial charge < -0.3 is 4.74 Å². The Balaban J connectivity index is 1.59. The van der Waals surface area contributed by atoms with Crippen LogP contribution in [0.25, 0.3) is 11.1 Å². The zero-order valence-corrected chi connectivity index (χ0v) is 17.5. The maximum atomic E-state index is 6.44. The molecule has 2 heteroatoms. The normalized spacial score (nSPS) is 10.5. The third-order valence-electron chi connectivity index (χ3n) is 4.92. The molecule has 3 aromatic rings. The van der Waals surface area contributed by atoms with E-state index < -0.39 is 0 Å². The molecule has 0 bridgehead atoms. The highest BCUT2D eigenvalue weighted by atomic mass is 35.5. The summed E-state index contributed by atoms with van der Waals surface area (Å²) < 4.78 is 5.94. The van der Waals surface area contributed by atoms with Crippen molar-refractivity contribution in [1.29, 1.82) is 0 Å². The Morgan fingerprint density at radius 2 is 1.34 bits per heavy atom. The molecular formula is C27H27ClO. The molecule has 0 saturated heterocycles. The number of allylic oxidation sites excluding steroid dienone is 2. The Kier molecular flexibility index (Phi) is 7.72. The van der Waals surface area contributed by atoms with Crippen LogP contribution in [0.5, 0.6) is 5.75 Å². The fraction of sp³-hybridized carbons (Fsp3) is 0.185. The van der Waals surface area contributed by atoms with Gasteiger partial charge in [-0.25, -0.2) is 0 Å². The van der Waals surface area contributed by atoms with Crippen molar-refractivity contribution in [1.82, 2.24) is 0 Å². The molecule has 0 spiro atoms. The van der Waals surface area contributed by atoms with Crippen LogP contribution in [0.15, 0.2) is 92.0 Å². The minimum absolute atomic E-state index is 0.560. The van der Waals surface area contributed by atoms with Gasteiger partial charge in [-0.3, -0.25) is 0 Å². The van der Waals surface area contributed by atoms with Crippen molar-refractivity contribution in [2.45, 2.75) is 32.3 Å². The third-order valence-corrected chi connectivity index (χ3v) is 5.28. The molecule has 148 valence electrons. The van der Waals surface area contributed by atoms with Gasteiger partial charge in [-0.05, 0) is 71.7 Å². The molecule has 3 aromatic carbocycles. The first-order valence-electron chi connectivity index (χ1n) is 10.0. The summed E-state index contributed by atoms with van der Waals surface area (Å²) in [6, 6.07) is 23.0. The molecule has 0 N–H and O–H groups in total. The number of hydrogen-bond donors (Lipinski definition) is 0. The van der Waals surface area contributed by atoms with Crippen LogP contribution in [0.3, 0.4) is 0 Å². The lowest BCUT2D eigenvalue weighted by atomic mass is 10.0. The van der Waals surface area contributed by atoms with E-state index in [-0.39, 0.29) is 0 Å². The molecule has 0 aliphatic rings. The minimum atomic E-state index is 0.560. The molecule has 0 fully saturated rings.